The molecular formula is C21H33IN6O3S. The Bertz CT molecular complexity index is 861. The van der Waals surface area contributed by atoms with Crippen LogP contribution in [-0.2, 0) is 13.0 Å². The van der Waals surface area contributed by atoms with Gasteiger partial charge in [-0.15, -0.1) is 24.0 Å². The highest BCUT2D eigenvalue weighted by molar-refractivity contribution is 14.0. The van der Waals surface area contributed by atoms with E-state index in [1.54, 1.807) is 21.3 Å². The van der Waals surface area contributed by atoms with E-state index in [0.717, 1.165) is 61.6 Å². The van der Waals surface area contributed by atoms with E-state index in [-0.39, 0.29) is 24.0 Å². The van der Waals surface area contributed by atoms with Crippen LogP contribution in [0.5, 0.6) is 17.2 Å². The van der Waals surface area contributed by atoms with Gasteiger partial charge in [0.15, 0.2) is 17.5 Å². The molecule has 1 aromatic carbocycles. The van der Waals surface area contributed by atoms with Crippen LogP contribution in [0.4, 0.5) is 5.13 Å². The van der Waals surface area contributed by atoms with Gasteiger partial charge in [0.05, 0.1) is 27.9 Å². The molecule has 3 rings (SSSR count). The van der Waals surface area contributed by atoms with E-state index in [9.17, 15) is 0 Å². The van der Waals surface area contributed by atoms with E-state index in [0.29, 0.717) is 23.8 Å². The highest BCUT2D eigenvalue weighted by Crippen LogP contribution is 2.38. The second-order valence-electron chi connectivity index (χ2n) is 7.02. The summed E-state index contributed by atoms with van der Waals surface area (Å²) in [5.74, 6) is 3.68. The average Bonchev–Trinajstić information content (AvgIpc) is 3.30. The molecule has 0 radical (unpaired) electrons. The zero-order chi connectivity index (χ0) is 22.2. The molecule has 0 bridgehead atoms. The molecule has 1 aliphatic rings. The fourth-order valence-electron chi connectivity index (χ4n) is 3.44. The van der Waals surface area contributed by atoms with Crippen molar-refractivity contribution in [2.75, 3.05) is 59.0 Å². The predicted molar refractivity (Wildman–Crippen MR) is 139 cm³/mol. The molecule has 1 aromatic heterocycles. The smallest absolute Gasteiger partial charge is 0.205 e. The Labute approximate surface area is 211 Å². The molecule has 0 spiro atoms. The van der Waals surface area contributed by atoms with Crippen LogP contribution in [0.1, 0.15) is 25.2 Å². The van der Waals surface area contributed by atoms with E-state index in [4.69, 9.17) is 19.2 Å². The monoisotopic (exact) mass is 576 g/mol. The third-order valence-corrected chi connectivity index (χ3v) is 5.91. The third kappa shape index (κ3) is 6.27. The molecule has 2 heterocycles. The first-order valence-corrected chi connectivity index (χ1v) is 11.3. The zero-order valence-electron chi connectivity index (χ0n) is 19.4. The number of aromatic nitrogens is 2. The fraction of sp³-hybridized carbons (Fsp3) is 0.571. The van der Waals surface area contributed by atoms with Crippen molar-refractivity contribution in [3.05, 3.63) is 23.5 Å². The Balaban J connectivity index is 0.00000363. The summed E-state index contributed by atoms with van der Waals surface area (Å²) in [5, 5.41) is 4.43. The van der Waals surface area contributed by atoms with Gasteiger partial charge in [-0.25, -0.2) is 9.98 Å². The third-order valence-electron chi connectivity index (χ3n) is 5.09. The minimum Gasteiger partial charge on any atom is -0.493 e. The SMILES string of the molecule is CCNC(=NCc1cc(OC)c(OC)c(OC)c1)N1CCN(c2nc(CC)ns2)CC1.I. The molecule has 11 heteroatoms. The molecule has 0 aliphatic carbocycles. The summed E-state index contributed by atoms with van der Waals surface area (Å²) in [6.07, 6.45) is 0.870. The number of rotatable bonds is 8. The van der Waals surface area contributed by atoms with Gasteiger partial charge in [0.1, 0.15) is 5.82 Å². The van der Waals surface area contributed by atoms with E-state index in [1.807, 2.05) is 12.1 Å². The van der Waals surface area contributed by atoms with Crippen molar-refractivity contribution >= 4 is 46.6 Å². The maximum Gasteiger partial charge on any atom is 0.205 e. The normalized spacial score (nSPS) is 14.1. The number of anilines is 1. The number of methoxy groups -OCH3 is 3. The van der Waals surface area contributed by atoms with E-state index in [1.165, 1.54) is 11.5 Å². The Hall–Kier alpha value is -2.02. The quantitative estimate of drug-likeness (QED) is 0.292. The second-order valence-corrected chi connectivity index (χ2v) is 7.75. The molecule has 0 amide bonds. The number of ether oxygens (including phenoxy) is 3. The number of nitrogens with one attached hydrogen (secondary N) is 1. The molecule has 0 saturated carbocycles. The number of halogens is 1. The van der Waals surface area contributed by atoms with Gasteiger partial charge in [-0.3, -0.25) is 0 Å². The number of nitrogens with zero attached hydrogens (tertiary/aromatic N) is 5. The summed E-state index contributed by atoms with van der Waals surface area (Å²) in [4.78, 5) is 14.1. The summed E-state index contributed by atoms with van der Waals surface area (Å²) in [5.41, 5.74) is 0.990. The first kappa shape index (κ1) is 26.2. The lowest BCUT2D eigenvalue weighted by molar-refractivity contribution is 0.324. The number of guanidine groups is 1. The first-order valence-electron chi connectivity index (χ1n) is 10.5. The summed E-state index contributed by atoms with van der Waals surface area (Å²) in [6, 6.07) is 3.88. The van der Waals surface area contributed by atoms with Gasteiger partial charge in [-0.05, 0) is 24.6 Å². The van der Waals surface area contributed by atoms with E-state index >= 15 is 0 Å². The number of hydrogen-bond acceptors (Lipinski definition) is 8. The lowest BCUT2D eigenvalue weighted by Gasteiger charge is -2.36. The number of aryl methyl sites for hydroxylation is 1. The summed E-state index contributed by atoms with van der Waals surface area (Å²) in [6.45, 7) is 9.03. The van der Waals surface area contributed by atoms with Crippen LogP contribution < -0.4 is 24.4 Å². The molecule has 178 valence electrons. The summed E-state index contributed by atoms with van der Waals surface area (Å²) >= 11 is 1.48. The maximum atomic E-state index is 5.46. The molecule has 9 nitrogen and oxygen atoms in total. The average molecular weight is 577 g/mol. The lowest BCUT2D eigenvalue weighted by Crippen LogP contribution is -2.52. The van der Waals surface area contributed by atoms with Gasteiger partial charge in [-0.2, -0.15) is 4.37 Å². The second kappa shape index (κ2) is 12.9. The molecule has 32 heavy (non-hydrogen) atoms. The zero-order valence-corrected chi connectivity index (χ0v) is 22.5. The molecule has 1 aliphatic heterocycles. The van der Waals surface area contributed by atoms with Gasteiger partial charge >= 0.3 is 0 Å². The Morgan fingerprint density at radius 1 is 1.06 bits per heavy atom. The Morgan fingerprint density at radius 2 is 1.72 bits per heavy atom. The van der Waals surface area contributed by atoms with Crippen molar-refractivity contribution in [1.29, 1.82) is 0 Å². The minimum atomic E-state index is 0. The van der Waals surface area contributed by atoms with Gasteiger partial charge in [0.2, 0.25) is 10.9 Å². The molecule has 0 atom stereocenters. The van der Waals surface area contributed by atoms with Crippen LogP contribution in [0.25, 0.3) is 0 Å². The van der Waals surface area contributed by atoms with Crippen molar-refractivity contribution in [2.45, 2.75) is 26.8 Å². The van der Waals surface area contributed by atoms with Crippen LogP contribution >= 0.6 is 35.5 Å². The minimum absolute atomic E-state index is 0. The van der Waals surface area contributed by atoms with Gasteiger partial charge in [0.25, 0.3) is 0 Å². The van der Waals surface area contributed by atoms with E-state index < -0.39 is 0 Å². The first-order chi connectivity index (χ1) is 15.1. The standard InChI is InChI=1S/C21H32N6O3S.HI/c1-6-18-24-21(31-25-18)27-10-8-26(9-11-27)20(22-7-2)23-14-15-12-16(28-3)19(30-5)17(13-15)29-4;/h12-13H,6-11,14H2,1-5H3,(H,22,23);1H. The number of hydrogen-bond donors (Lipinski definition) is 1. The Kier molecular flexibility index (Phi) is 10.6. The summed E-state index contributed by atoms with van der Waals surface area (Å²) in [7, 11) is 4.84. The van der Waals surface area contributed by atoms with Gasteiger partial charge in [-0.1, -0.05) is 6.92 Å². The molecule has 0 unspecified atom stereocenters. The van der Waals surface area contributed by atoms with Crippen LogP contribution in [0.15, 0.2) is 17.1 Å². The number of benzene rings is 1. The highest BCUT2D eigenvalue weighted by Gasteiger charge is 2.22. The molecule has 1 N–H and O–H groups in total. The summed E-state index contributed by atoms with van der Waals surface area (Å²) < 4.78 is 20.7. The maximum absolute atomic E-state index is 5.46. The molecule has 1 saturated heterocycles. The molecular weight excluding hydrogens is 543 g/mol. The van der Waals surface area contributed by atoms with Crippen LogP contribution in [0.2, 0.25) is 0 Å². The van der Waals surface area contributed by atoms with Crippen molar-refractivity contribution in [1.82, 2.24) is 19.6 Å². The van der Waals surface area contributed by atoms with Crippen molar-refractivity contribution in [3.8, 4) is 17.2 Å². The molecule has 1 fully saturated rings. The van der Waals surface area contributed by atoms with Crippen molar-refractivity contribution in [2.24, 2.45) is 4.99 Å². The lowest BCUT2D eigenvalue weighted by atomic mass is 10.2. The van der Waals surface area contributed by atoms with E-state index in [2.05, 4.69) is 38.3 Å². The fourth-order valence-corrected chi connectivity index (χ4v) is 4.25. The molecule has 2 aromatic rings. The topological polar surface area (TPSA) is 84.3 Å². The number of piperazine rings is 1. The largest absolute Gasteiger partial charge is 0.493 e. The van der Waals surface area contributed by atoms with Gasteiger partial charge < -0.3 is 29.3 Å². The van der Waals surface area contributed by atoms with Crippen LogP contribution in [0.3, 0.4) is 0 Å². The van der Waals surface area contributed by atoms with Crippen molar-refractivity contribution < 1.29 is 14.2 Å². The van der Waals surface area contributed by atoms with Gasteiger partial charge in [0, 0.05) is 50.7 Å². The predicted octanol–water partition coefficient (Wildman–Crippen LogP) is 3.03. The highest BCUT2D eigenvalue weighted by atomic mass is 127. The van der Waals surface area contributed by atoms with Crippen LogP contribution in [0, 0.1) is 0 Å². The van der Waals surface area contributed by atoms with Crippen molar-refractivity contribution in [3.63, 3.8) is 0 Å². The number of aliphatic imine (C=N–C) groups is 1. The van der Waals surface area contributed by atoms with Crippen LogP contribution in [-0.4, -0.2) is 74.3 Å². The Morgan fingerprint density at radius 3 is 2.22 bits per heavy atom.